The van der Waals surface area contributed by atoms with Gasteiger partial charge in [-0.25, -0.2) is 8.42 Å². The third-order valence-corrected chi connectivity index (χ3v) is 5.49. The maximum atomic E-state index is 12.2. The van der Waals surface area contributed by atoms with Gasteiger partial charge in [0.1, 0.15) is 0 Å². The molecular formula is C12H13BrClNO3S. The van der Waals surface area contributed by atoms with Crippen LogP contribution in [0.4, 0.5) is 0 Å². The average molecular weight is 367 g/mol. The van der Waals surface area contributed by atoms with E-state index in [2.05, 4.69) is 15.9 Å². The van der Waals surface area contributed by atoms with Crippen molar-refractivity contribution >= 4 is 41.6 Å². The number of halogens is 2. The molecule has 0 heterocycles. The molecule has 104 valence electrons. The first kappa shape index (κ1) is 14.8. The molecular weight excluding hydrogens is 354 g/mol. The monoisotopic (exact) mass is 365 g/mol. The summed E-state index contributed by atoms with van der Waals surface area (Å²) < 4.78 is 23.6. The Morgan fingerprint density at radius 1 is 1.42 bits per heavy atom. The van der Waals surface area contributed by atoms with Gasteiger partial charge in [0, 0.05) is 33.8 Å². The summed E-state index contributed by atoms with van der Waals surface area (Å²) in [6.45, 7) is 1.64. The van der Waals surface area contributed by atoms with Crippen LogP contribution < -0.4 is 0 Å². The average Bonchev–Trinajstić information content (AvgIpc) is 3.13. The van der Waals surface area contributed by atoms with Crippen molar-refractivity contribution in [2.75, 3.05) is 7.05 Å². The summed E-state index contributed by atoms with van der Waals surface area (Å²) in [6.07, 6.45) is 1.99. The second-order valence-corrected chi connectivity index (χ2v) is 8.05. The van der Waals surface area contributed by atoms with Gasteiger partial charge >= 0.3 is 0 Å². The smallest absolute Gasteiger partial charge is 0.261 e. The Bertz CT molecular complexity index is 641. The van der Waals surface area contributed by atoms with E-state index in [9.17, 15) is 13.2 Å². The van der Waals surface area contributed by atoms with Crippen LogP contribution in [0.25, 0.3) is 0 Å². The van der Waals surface area contributed by atoms with Crippen molar-refractivity contribution in [2.45, 2.75) is 30.7 Å². The molecule has 1 aliphatic rings. The van der Waals surface area contributed by atoms with Gasteiger partial charge in [0.2, 0.25) is 0 Å². The molecule has 0 spiro atoms. The number of rotatable bonds is 3. The number of amides is 1. The molecule has 0 atom stereocenters. The highest BCUT2D eigenvalue weighted by Crippen LogP contribution is 2.31. The summed E-state index contributed by atoms with van der Waals surface area (Å²) >= 11 is 3.27. The predicted octanol–water partition coefficient (Wildman–Crippen LogP) is 2.92. The van der Waals surface area contributed by atoms with Gasteiger partial charge in [-0.2, -0.15) is 0 Å². The van der Waals surface area contributed by atoms with Crippen molar-refractivity contribution < 1.29 is 13.2 Å². The number of carbonyl (C=O) groups excluding carboxylic acids is 1. The lowest BCUT2D eigenvalue weighted by Gasteiger charge is -2.17. The Kier molecular flexibility index (Phi) is 3.95. The summed E-state index contributed by atoms with van der Waals surface area (Å²) in [5, 5.41) is 0. The summed E-state index contributed by atoms with van der Waals surface area (Å²) in [5.41, 5.74) is 0.826. The summed E-state index contributed by atoms with van der Waals surface area (Å²) in [4.78, 5) is 13.8. The Balaban J connectivity index is 2.47. The van der Waals surface area contributed by atoms with Crippen molar-refractivity contribution in [3.05, 3.63) is 27.7 Å². The number of carbonyl (C=O) groups is 1. The number of hydrogen-bond donors (Lipinski definition) is 0. The molecule has 0 saturated heterocycles. The van der Waals surface area contributed by atoms with Gasteiger partial charge in [-0.1, -0.05) is 15.9 Å². The molecule has 7 heteroatoms. The van der Waals surface area contributed by atoms with Crippen LogP contribution in [0.15, 0.2) is 21.5 Å². The molecule has 0 bridgehead atoms. The summed E-state index contributed by atoms with van der Waals surface area (Å²) in [6, 6.07) is 3.23. The van der Waals surface area contributed by atoms with Crippen molar-refractivity contribution in [1.82, 2.24) is 4.90 Å². The van der Waals surface area contributed by atoms with Crippen molar-refractivity contribution in [3.63, 3.8) is 0 Å². The van der Waals surface area contributed by atoms with Crippen molar-refractivity contribution in [3.8, 4) is 0 Å². The first-order valence-corrected chi connectivity index (χ1v) is 8.84. The summed E-state index contributed by atoms with van der Waals surface area (Å²) in [5.74, 6) is -0.190. The SMILES string of the molecule is Cc1c(Br)cc(C(=O)N(C)C2CC2)cc1S(=O)(=O)Cl. The fourth-order valence-electron chi connectivity index (χ4n) is 1.86. The van der Waals surface area contributed by atoms with Crippen LogP contribution in [0, 0.1) is 6.92 Å². The molecule has 0 unspecified atom stereocenters. The van der Waals surface area contributed by atoms with Crippen LogP contribution >= 0.6 is 26.6 Å². The minimum atomic E-state index is -3.87. The lowest BCUT2D eigenvalue weighted by Crippen LogP contribution is -2.28. The van der Waals surface area contributed by atoms with Gasteiger partial charge in [-0.15, -0.1) is 0 Å². The van der Waals surface area contributed by atoms with Crippen LogP contribution in [-0.4, -0.2) is 32.3 Å². The largest absolute Gasteiger partial charge is 0.339 e. The molecule has 0 N–H and O–H groups in total. The molecule has 0 aliphatic heterocycles. The molecule has 19 heavy (non-hydrogen) atoms. The quantitative estimate of drug-likeness (QED) is 0.773. The highest BCUT2D eigenvalue weighted by molar-refractivity contribution is 9.10. The predicted molar refractivity (Wildman–Crippen MR) is 77.0 cm³/mol. The zero-order valence-electron chi connectivity index (χ0n) is 10.5. The van der Waals surface area contributed by atoms with Crippen LogP contribution in [0.1, 0.15) is 28.8 Å². The van der Waals surface area contributed by atoms with Gasteiger partial charge in [0.05, 0.1) is 4.90 Å². The first-order valence-electron chi connectivity index (χ1n) is 5.74. The highest BCUT2D eigenvalue weighted by Gasteiger charge is 2.31. The molecule has 0 aromatic heterocycles. The lowest BCUT2D eigenvalue weighted by molar-refractivity contribution is 0.0785. The first-order chi connectivity index (χ1) is 8.71. The van der Waals surface area contributed by atoms with Gasteiger partial charge < -0.3 is 4.90 Å². The normalized spacial score (nSPS) is 15.4. The maximum absolute atomic E-state index is 12.2. The second kappa shape index (κ2) is 5.07. The van der Waals surface area contributed by atoms with Gasteiger partial charge in [0.25, 0.3) is 15.0 Å². The van der Waals surface area contributed by atoms with E-state index in [1.807, 2.05) is 0 Å². The third kappa shape index (κ3) is 3.12. The fourth-order valence-corrected chi connectivity index (χ4v) is 3.68. The molecule has 0 radical (unpaired) electrons. The zero-order valence-corrected chi connectivity index (χ0v) is 13.6. The topological polar surface area (TPSA) is 54.5 Å². The molecule has 1 saturated carbocycles. The van der Waals surface area contributed by atoms with Crippen LogP contribution in [0.2, 0.25) is 0 Å². The maximum Gasteiger partial charge on any atom is 0.261 e. The molecule has 1 aromatic carbocycles. The Labute approximate surface area is 125 Å². The van der Waals surface area contributed by atoms with Crippen molar-refractivity contribution in [2.24, 2.45) is 0 Å². The molecule has 1 aromatic rings. The van der Waals surface area contributed by atoms with Crippen LogP contribution in [0.5, 0.6) is 0 Å². The van der Waals surface area contributed by atoms with E-state index in [0.29, 0.717) is 15.6 Å². The zero-order chi connectivity index (χ0) is 14.4. The van der Waals surface area contributed by atoms with E-state index < -0.39 is 9.05 Å². The van der Waals surface area contributed by atoms with E-state index in [4.69, 9.17) is 10.7 Å². The van der Waals surface area contributed by atoms with E-state index in [0.717, 1.165) is 12.8 Å². The number of nitrogens with zero attached hydrogens (tertiary/aromatic N) is 1. The van der Waals surface area contributed by atoms with Crippen molar-refractivity contribution in [1.29, 1.82) is 0 Å². The summed E-state index contributed by atoms with van der Waals surface area (Å²) in [7, 11) is 3.25. The highest BCUT2D eigenvalue weighted by atomic mass is 79.9. The number of benzene rings is 1. The lowest BCUT2D eigenvalue weighted by atomic mass is 10.1. The number of hydrogen-bond acceptors (Lipinski definition) is 3. The van der Waals surface area contributed by atoms with E-state index in [-0.39, 0.29) is 16.8 Å². The van der Waals surface area contributed by atoms with Gasteiger partial charge in [0.15, 0.2) is 0 Å². The van der Waals surface area contributed by atoms with E-state index in [1.54, 1.807) is 24.9 Å². The van der Waals surface area contributed by atoms with Crippen LogP contribution in [0.3, 0.4) is 0 Å². The fraction of sp³-hybridized carbons (Fsp3) is 0.417. The van der Waals surface area contributed by atoms with E-state index >= 15 is 0 Å². The Hall–Kier alpha value is -0.590. The minimum absolute atomic E-state index is 0.0314. The Morgan fingerprint density at radius 2 is 2.00 bits per heavy atom. The molecule has 2 rings (SSSR count). The molecule has 1 fully saturated rings. The Morgan fingerprint density at radius 3 is 2.47 bits per heavy atom. The van der Waals surface area contributed by atoms with Gasteiger partial charge in [-0.3, -0.25) is 4.79 Å². The minimum Gasteiger partial charge on any atom is -0.339 e. The third-order valence-electron chi connectivity index (χ3n) is 3.22. The van der Waals surface area contributed by atoms with E-state index in [1.165, 1.54) is 6.07 Å². The second-order valence-electron chi connectivity index (χ2n) is 4.67. The molecule has 4 nitrogen and oxygen atoms in total. The molecule has 1 amide bonds. The standard InChI is InChI=1S/C12H13BrClNO3S/c1-7-10(13)5-8(6-11(7)19(14,17)18)12(16)15(2)9-3-4-9/h5-6,9H,3-4H2,1-2H3. The molecule has 1 aliphatic carbocycles. The van der Waals surface area contributed by atoms with Gasteiger partial charge in [-0.05, 0) is 37.5 Å². The van der Waals surface area contributed by atoms with Crippen LogP contribution in [-0.2, 0) is 9.05 Å².